The van der Waals surface area contributed by atoms with Crippen molar-refractivity contribution in [1.82, 2.24) is 9.38 Å². The molecule has 0 amide bonds. The van der Waals surface area contributed by atoms with Crippen LogP contribution < -0.4 is 4.74 Å². The van der Waals surface area contributed by atoms with Crippen molar-refractivity contribution in [2.75, 3.05) is 0 Å². The van der Waals surface area contributed by atoms with Crippen LogP contribution in [0.1, 0.15) is 26.6 Å². The molecule has 6 heteroatoms. The van der Waals surface area contributed by atoms with Gasteiger partial charge in [0.2, 0.25) is 5.78 Å². The van der Waals surface area contributed by atoms with Gasteiger partial charge in [-0.05, 0) is 26.0 Å². The van der Waals surface area contributed by atoms with E-state index in [1.54, 1.807) is 23.5 Å². The van der Waals surface area contributed by atoms with Crippen LogP contribution in [-0.4, -0.2) is 20.3 Å². The molecular weight excluding hydrogens is 300 g/mol. The van der Waals surface area contributed by atoms with Gasteiger partial charge in [-0.1, -0.05) is 0 Å². The van der Waals surface area contributed by atoms with Crippen LogP contribution in [-0.2, 0) is 0 Å². The standard InChI is InChI=1S/C16H12N2O3S/c1-8-7-18-12(9(2)17-16(18)22-8)6-14-15(20)11-4-3-10(19)5-13(11)21-14/h3-7,19H,1-2H3/b14-6+. The van der Waals surface area contributed by atoms with Gasteiger partial charge in [-0.2, -0.15) is 0 Å². The van der Waals surface area contributed by atoms with Crippen LogP contribution in [0.3, 0.4) is 0 Å². The third kappa shape index (κ3) is 1.84. The molecule has 0 bridgehead atoms. The van der Waals surface area contributed by atoms with Crippen LogP contribution >= 0.6 is 11.3 Å². The van der Waals surface area contributed by atoms with Crippen LogP contribution in [0.2, 0.25) is 0 Å². The minimum absolute atomic E-state index is 0.0733. The molecule has 0 unspecified atom stereocenters. The van der Waals surface area contributed by atoms with E-state index in [0.717, 1.165) is 21.2 Å². The van der Waals surface area contributed by atoms with E-state index in [0.29, 0.717) is 11.3 Å². The van der Waals surface area contributed by atoms with Crippen molar-refractivity contribution < 1.29 is 14.6 Å². The molecule has 3 heterocycles. The Morgan fingerprint density at radius 2 is 2.18 bits per heavy atom. The van der Waals surface area contributed by atoms with Gasteiger partial charge in [0.1, 0.15) is 11.5 Å². The van der Waals surface area contributed by atoms with Crippen LogP contribution in [0.15, 0.2) is 30.2 Å². The number of phenolic OH excluding ortho intramolecular Hbond substituents is 1. The fourth-order valence-electron chi connectivity index (χ4n) is 2.55. The number of ether oxygens (including phenoxy) is 1. The van der Waals surface area contributed by atoms with E-state index in [-0.39, 0.29) is 17.3 Å². The minimum atomic E-state index is -0.184. The molecule has 2 aromatic heterocycles. The van der Waals surface area contributed by atoms with Crippen LogP contribution in [0.5, 0.6) is 11.5 Å². The monoisotopic (exact) mass is 312 g/mol. The third-order valence-corrected chi connectivity index (χ3v) is 4.48. The summed E-state index contributed by atoms with van der Waals surface area (Å²) in [6.07, 6.45) is 3.70. The lowest BCUT2D eigenvalue weighted by Crippen LogP contribution is -1.99. The van der Waals surface area contributed by atoms with Crippen LogP contribution in [0.4, 0.5) is 0 Å². The van der Waals surface area contributed by atoms with Crippen molar-refractivity contribution in [1.29, 1.82) is 0 Å². The van der Waals surface area contributed by atoms with Gasteiger partial charge in [-0.15, -0.1) is 11.3 Å². The molecule has 0 saturated carbocycles. The normalized spacial score (nSPS) is 15.5. The molecule has 1 aliphatic heterocycles. The number of imidazole rings is 1. The average molecular weight is 312 g/mol. The molecule has 4 rings (SSSR count). The van der Waals surface area contributed by atoms with E-state index in [1.807, 2.05) is 24.4 Å². The molecule has 5 nitrogen and oxygen atoms in total. The lowest BCUT2D eigenvalue weighted by Gasteiger charge is -1.99. The Kier molecular flexibility index (Phi) is 2.65. The number of rotatable bonds is 1. The average Bonchev–Trinajstić information content (AvgIpc) is 3.04. The van der Waals surface area contributed by atoms with E-state index in [4.69, 9.17) is 4.74 Å². The molecule has 0 spiro atoms. The molecule has 0 fully saturated rings. The summed E-state index contributed by atoms with van der Waals surface area (Å²) in [5.41, 5.74) is 2.14. The Hall–Kier alpha value is -2.60. The maximum Gasteiger partial charge on any atom is 0.232 e. The van der Waals surface area contributed by atoms with Crippen molar-refractivity contribution >= 4 is 28.2 Å². The van der Waals surface area contributed by atoms with Gasteiger partial charge in [-0.25, -0.2) is 4.98 Å². The fourth-order valence-corrected chi connectivity index (χ4v) is 3.43. The smallest absolute Gasteiger partial charge is 0.232 e. The number of phenols is 1. The van der Waals surface area contributed by atoms with Gasteiger partial charge in [-0.3, -0.25) is 9.20 Å². The van der Waals surface area contributed by atoms with Crippen LogP contribution in [0.25, 0.3) is 11.0 Å². The van der Waals surface area contributed by atoms with E-state index in [9.17, 15) is 9.90 Å². The molecule has 0 aliphatic carbocycles. The summed E-state index contributed by atoms with van der Waals surface area (Å²) in [6.45, 7) is 3.92. The highest BCUT2D eigenvalue weighted by Crippen LogP contribution is 2.35. The number of aryl methyl sites for hydroxylation is 2. The summed E-state index contributed by atoms with van der Waals surface area (Å²) in [5, 5.41) is 9.49. The molecule has 1 N–H and O–H groups in total. The van der Waals surface area contributed by atoms with Gasteiger partial charge in [0.05, 0.1) is 17.0 Å². The van der Waals surface area contributed by atoms with Crippen molar-refractivity contribution in [2.45, 2.75) is 13.8 Å². The second kappa shape index (κ2) is 4.45. The molecule has 0 atom stereocenters. The van der Waals surface area contributed by atoms with Gasteiger partial charge in [0.25, 0.3) is 0 Å². The number of aromatic nitrogens is 2. The zero-order valence-electron chi connectivity index (χ0n) is 12.0. The van der Waals surface area contributed by atoms with Gasteiger partial charge < -0.3 is 9.84 Å². The SMILES string of the molecule is Cc1cn2c(/C=C3/Oc4cc(O)ccc4C3=O)c(C)nc2s1. The Bertz CT molecular complexity index is 965. The van der Waals surface area contributed by atoms with E-state index < -0.39 is 0 Å². The first-order valence-corrected chi connectivity index (χ1v) is 7.57. The maximum atomic E-state index is 12.4. The molecule has 0 saturated heterocycles. The Balaban J connectivity index is 1.83. The summed E-state index contributed by atoms with van der Waals surface area (Å²) >= 11 is 1.60. The lowest BCUT2D eigenvalue weighted by atomic mass is 10.1. The number of benzene rings is 1. The Morgan fingerprint density at radius 3 is 3.00 bits per heavy atom. The second-order valence-corrected chi connectivity index (χ2v) is 6.41. The number of carbonyl (C=O) groups is 1. The van der Waals surface area contributed by atoms with Crippen molar-refractivity contribution in [3.8, 4) is 11.5 Å². The minimum Gasteiger partial charge on any atom is -0.508 e. The number of aromatic hydroxyl groups is 1. The summed E-state index contributed by atoms with van der Waals surface area (Å²) in [5.74, 6) is 0.519. The largest absolute Gasteiger partial charge is 0.508 e. The number of thiazole rings is 1. The lowest BCUT2D eigenvalue weighted by molar-refractivity contribution is 0.101. The number of fused-ring (bicyclic) bond motifs is 2. The topological polar surface area (TPSA) is 63.8 Å². The first kappa shape index (κ1) is 13.1. The van der Waals surface area contributed by atoms with E-state index in [1.165, 1.54) is 12.1 Å². The molecule has 0 radical (unpaired) electrons. The molecular formula is C16H12N2O3S. The number of ketones is 1. The first-order valence-electron chi connectivity index (χ1n) is 6.75. The molecule has 1 aliphatic rings. The third-order valence-electron chi connectivity index (χ3n) is 3.58. The van der Waals surface area contributed by atoms with Gasteiger partial charge in [0, 0.05) is 23.2 Å². The zero-order valence-corrected chi connectivity index (χ0v) is 12.8. The predicted octanol–water partition coefficient (Wildman–Crippen LogP) is 3.33. The van der Waals surface area contributed by atoms with Gasteiger partial charge >= 0.3 is 0 Å². The van der Waals surface area contributed by atoms with Gasteiger partial charge in [0.15, 0.2) is 10.7 Å². The van der Waals surface area contributed by atoms with Crippen molar-refractivity contribution in [2.24, 2.45) is 0 Å². The number of allylic oxidation sites excluding steroid dienone is 1. The second-order valence-electron chi connectivity index (χ2n) is 5.20. The molecule has 110 valence electrons. The molecule has 22 heavy (non-hydrogen) atoms. The zero-order chi connectivity index (χ0) is 15.4. The van der Waals surface area contributed by atoms with Crippen molar-refractivity contribution in [3.05, 3.63) is 52.0 Å². The van der Waals surface area contributed by atoms with E-state index in [2.05, 4.69) is 4.98 Å². The van der Waals surface area contributed by atoms with Crippen molar-refractivity contribution in [3.63, 3.8) is 0 Å². The summed E-state index contributed by atoms with van der Waals surface area (Å²) < 4.78 is 7.56. The van der Waals surface area contributed by atoms with E-state index >= 15 is 0 Å². The highest BCUT2D eigenvalue weighted by atomic mass is 32.1. The Morgan fingerprint density at radius 1 is 1.36 bits per heavy atom. The Labute approximate surface area is 130 Å². The molecule has 1 aromatic carbocycles. The number of hydrogen-bond acceptors (Lipinski definition) is 5. The highest BCUT2D eigenvalue weighted by Gasteiger charge is 2.28. The fraction of sp³-hybridized carbons (Fsp3) is 0.125. The quantitative estimate of drug-likeness (QED) is 0.700. The maximum absolute atomic E-state index is 12.4. The molecule has 3 aromatic rings. The summed E-state index contributed by atoms with van der Waals surface area (Å²) in [4.78, 5) is 18.9. The predicted molar refractivity (Wildman–Crippen MR) is 83.6 cm³/mol. The first-order chi connectivity index (χ1) is 10.5. The summed E-state index contributed by atoms with van der Waals surface area (Å²) in [7, 11) is 0. The number of carbonyl (C=O) groups excluding carboxylic acids is 1. The highest BCUT2D eigenvalue weighted by molar-refractivity contribution is 7.17. The number of nitrogens with zero attached hydrogens (tertiary/aromatic N) is 2. The summed E-state index contributed by atoms with van der Waals surface area (Å²) in [6, 6.07) is 4.50. The van der Waals surface area contributed by atoms with Crippen LogP contribution in [0, 0.1) is 13.8 Å². The number of Topliss-reactive ketones (excluding diaryl/α,β-unsaturated/α-hetero) is 1. The number of hydrogen-bond donors (Lipinski definition) is 1.